The zero-order valence-corrected chi connectivity index (χ0v) is 16.7. The SMILES string of the molecule is CC(C)(C(=O)N1C[C@@H](Cc2ccnc3ccccc23)[C@H](O)C1)N1CCOCC1. The Morgan fingerprint density at radius 1 is 1.21 bits per heavy atom. The second-order valence-electron chi connectivity index (χ2n) is 8.39. The fourth-order valence-electron chi connectivity index (χ4n) is 4.48. The molecular formula is C22H29N3O3. The standard InChI is InChI=1S/C22H29N3O3/c1-22(2,25-9-11-28-12-10-25)21(27)24-14-17(20(26)15-24)13-16-7-8-23-19-6-4-3-5-18(16)19/h3-8,17,20,26H,9-15H2,1-2H3/t17-,20-/m1/s1. The zero-order valence-electron chi connectivity index (χ0n) is 16.7. The van der Waals surface area contributed by atoms with Crippen LogP contribution >= 0.6 is 0 Å². The first-order valence-electron chi connectivity index (χ1n) is 10.1. The van der Waals surface area contributed by atoms with Crippen molar-refractivity contribution in [1.29, 1.82) is 0 Å². The monoisotopic (exact) mass is 383 g/mol. The number of aliphatic hydroxyl groups is 1. The second-order valence-corrected chi connectivity index (χ2v) is 8.39. The van der Waals surface area contributed by atoms with Gasteiger partial charge in [-0.2, -0.15) is 0 Å². The predicted octanol–water partition coefficient (Wildman–Crippen LogP) is 1.71. The van der Waals surface area contributed by atoms with Gasteiger partial charge in [0.15, 0.2) is 0 Å². The molecule has 1 aromatic heterocycles. The van der Waals surface area contributed by atoms with E-state index in [0.29, 0.717) is 26.3 Å². The normalized spacial score (nSPS) is 24.0. The summed E-state index contributed by atoms with van der Waals surface area (Å²) in [5.41, 5.74) is 1.56. The highest BCUT2D eigenvalue weighted by molar-refractivity contribution is 5.86. The maximum absolute atomic E-state index is 13.2. The van der Waals surface area contributed by atoms with E-state index in [1.807, 2.05) is 49.2 Å². The molecule has 6 nitrogen and oxygen atoms in total. The van der Waals surface area contributed by atoms with Crippen LogP contribution in [-0.4, -0.2) is 76.8 Å². The van der Waals surface area contributed by atoms with Crippen molar-refractivity contribution in [3.8, 4) is 0 Å². The lowest BCUT2D eigenvalue weighted by molar-refractivity contribution is -0.144. The number of likely N-dealkylation sites (tertiary alicyclic amines) is 1. The number of para-hydroxylation sites is 1. The van der Waals surface area contributed by atoms with Gasteiger partial charge in [0, 0.05) is 43.7 Å². The lowest BCUT2D eigenvalue weighted by Gasteiger charge is -2.41. The number of β-amino-alcohol motifs (C(OH)–C–C–N with tert-alkyl or cyclic N) is 1. The van der Waals surface area contributed by atoms with Crippen molar-refractivity contribution in [2.75, 3.05) is 39.4 Å². The number of nitrogens with zero attached hydrogens (tertiary/aromatic N) is 3. The van der Waals surface area contributed by atoms with E-state index in [1.54, 1.807) is 0 Å². The molecule has 150 valence electrons. The Hall–Kier alpha value is -2.02. The summed E-state index contributed by atoms with van der Waals surface area (Å²) in [5, 5.41) is 11.8. The van der Waals surface area contributed by atoms with Crippen LogP contribution in [0.2, 0.25) is 0 Å². The minimum absolute atomic E-state index is 0.0373. The largest absolute Gasteiger partial charge is 0.391 e. The van der Waals surface area contributed by atoms with E-state index < -0.39 is 11.6 Å². The van der Waals surface area contributed by atoms with Crippen molar-refractivity contribution < 1.29 is 14.6 Å². The molecule has 2 aromatic rings. The number of carbonyl (C=O) groups excluding carboxylic acids is 1. The van der Waals surface area contributed by atoms with Gasteiger partial charge < -0.3 is 14.7 Å². The van der Waals surface area contributed by atoms with E-state index in [-0.39, 0.29) is 11.8 Å². The van der Waals surface area contributed by atoms with Gasteiger partial charge in [0.25, 0.3) is 0 Å². The van der Waals surface area contributed by atoms with Crippen LogP contribution in [0, 0.1) is 5.92 Å². The summed E-state index contributed by atoms with van der Waals surface area (Å²) in [4.78, 5) is 21.7. The Balaban J connectivity index is 1.47. The second kappa shape index (κ2) is 7.78. The van der Waals surface area contributed by atoms with Crippen molar-refractivity contribution >= 4 is 16.8 Å². The van der Waals surface area contributed by atoms with Crippen LogP contribution < -0.4 is 0 Å². The first-order valence-corrected chi connectivity index (χ1v) is 10.1. The van der Waals surface area contributed by atoms with Crippen molar-refractivity contribution in [1.82, 2.24) is 14.8 Å². The number of fused-ring (bicyclic) bond motifs is 1. The van der Waals surface area contributed by atoms with Crippen LogP contribution in [0.4, 0.5) is 0 Å². The number of rotatable bonds is 4. The zero-order chi connectivity index (χ0) is 19.7. The van der Waals surface area contributed by atoms with Crippen LogP contribution in [0.15, 0.2) is 36.5 Å². The lowest BCUT2D eigenvalue weighted by atomic mass is 9.94. The van der Waals surface area contributed by atoms with E-state index in [2.05, 4.69) is 16.0 Å². The number of ether oxygens (including phenoxy) is 1. The fourth-order valence-corrected chi connectivity index (χ4v) is 4.48. The molecule has 0 aliphatic carbocycles. The van der Waals surface area contributed by atoms with Crippen molar-refractivity contribution in [2.24, 2.45) is 5.92 Å². The van der Waals surface area contributed by atoms with Crippen LogP contribution in [-0.2, 0) is 16.0 Å². The molecule has 2 atom stereocenters. The number of carbonyl (C=O) groups is 1. The summed E-state index contributed by atoms with van der Waals surface area (Å²) in [7, 11) is 0. The first-order chi connectivity index (χ1) is 13.5. The topological polar surface area (TPSA) is 65.9 Å². The molecule has 28 heavy (non-hydrogen) atoms. The molecule has 2 saturated heterocycles. The molecule has 0 radical (unpaired) electrons. The Morgan fingerprint density at radius 3 is 2.75 bits per heavy atom. The van der Waals surface area contributed by atoms with E-state index >= 15 is 0 Å². The number of pyridine rings is 1. The van der Waals surface area contributed by atoms with Gasteiger partial charge in [-0.25, -0.2) is 0 Å². The molecule has 0 unspecified atom stereocenters. The summed E-state index contributed by atoms with van der Waals surface area (Å²) in [6.07, 6.45) is 2.06. The van der Waals surface area contributed by atoms with E-state index in [9.17, 15) is 9.90 Å². The van der Waals surface area contributed by atoms with E-state index in [1.165, 1.54) is 5.56 Å². The molecule has 0 bridgehead atoms. The molecule has 6 heteroatoms. The highest BCUT2D eigenvalue weighted by Gasteiger charge is 2.43. The van der Waals surface area contributed by atoms with Crippen molar-refractivity contribution in [3.05, 3.63) is 42.1 Å². The fraction of sp³-hybridized carbons (Fsp3) is 0.545. The summed E-state index contributed by atoms with van der Waals surface area (Å²) in [6, 6.07) is 10.1. The number of benzene rings is 1. The number of hydrogen-bond donors (Lipinski definition) is 1. The Labute approximate surface area is 166 Å². The highest BCUT2D eigenvalue weighted by Crippen LogP contribution is 2.28. The average molecular weight is 383 g/mol. The van der Waals surface area contributed by atoms with Crippen LogP contribution in [0.25, 0.3) is 10.9 Å². The van der Waals surface area contributed by atoms with Crippen molar-refractivity contribution in [3.63, 3.8) is 0 Å². The number of aromatic nitrogens is 1. The lowest BCUT2D eigenvalue weighted by Crippen LogP contribution is -2.58. The Bertz CT molecular complexity index is 843. The summed E-state index contributed by atoms with van der Waals surface area (Å²) < 4.78 is 5.42. The van der Waals surface area contributed by atoms with Gasteiger partial charge >= 0.3 is 0 Å². The number of aliphatic hydroxyl groups excluding tert-OH is 1. The van der Waals surface area contributed by atoms with Crippen LogP contribution in [0.5, 0.6) is 0 Å². The third-order valence-electron chi connectivity index (χ3n) is 6.24. The average Bonchev–Trinajstić information content (AvgIpc) is 3.08. The number of morpholine rings is 1. The quantitative estimate of drug-likeness (QED) is 0.871. The highest BCUT2D eigenvalue weighted by atomic mass is 16.5. The number of amides is 1. The third-order valence-corrected chi connectivity index (χ3v) is 6.24. The molecule has 1 aromatic carbocycles. The molecule has 0 spiro atoms. The predicted molar refractivity (Wildman–Crippen MR) is 108 cm³/mol. The maximum atomic E-state index is 13.2. The Kier molecular flexibility index (Phi) is 5.36. The maximum Gasteiger partial charge on any atom is 0.242 e. The van der Waals surface area contributed by atoms with Gasteiger partial charge in [0.2, 0.25) is 5.91 Å². The molecule has 1 N–H and O–H groups in total. The molecule has 3 heterocycles. The third kappa shape index (κ3) is 3.64. The molecule has 0 saturated carbocycles. The summed E-state index contributed by atoms with van der Waals surface area (Å²) >= 11 is 0. The van der Waals surface area contributed by atoms with Gasteiger partial charge in [0.1, 0.15) is 0 Å². The van der Waals surface area contributed by atoms with Gasteiger partial charge in [0.05, 0.1) is 30.4 Å². The first kappa shape index (κ1) is 19.3. The Morgan fingerprint density at radius 2 is 1.96 bits per heavy atom. The number of hydrogen-bond acceptors (Lipinski definition) is 5. The molecule has 2 aliphatic rings. The summed E-state index contributed by atoms with van der Waals surface area (Å²) in [5.74, 6) is 0.130. The van der Waals surface area contributed by atoms with Gasteiger partial charge in [-0.1, -0.05) is 18.2 Å². The summed E-state index contributed by atoms with van der Waals surface area (Å²) in [6.45, 7) is 7.81. The minimum atomic E-state index is -0.582. The molecule has 1 amide bonds. The molecule has 4 rings (SSSR count). The molecular weight excluding hydrogens is 354 g/mol. The van der Waals surface area contributed by atoms with Crippen LogP contribution in [0.1, 0.15) is 19.4 Å². The van der Waals surface area contributed by atoms with Gasteiger partial charge in [-0.15, -0.1) is 0 Å². The van der Waals surface area contributed by atoms with Crippen molar-refractivity contribution in [2.45, 2.75) is 31.9 Å². The van der Waals surface area contributed by atoms with Gasteiger partial charge in [-0.05, 0) is 38.0 Å². The molecule has 2 fully saturated rings. The smallest absolute Gasteiger partial charge is 0.242 e. The molecule has 2 aliphatic heterocycles. The van der Waals surface area contributed by atoms with E-state index in [4.69, 9.17) is 4.74 Å². The minimum Gasteiger partial charge on any atom is -0.391 e. The van der Waals surface area contributed by atoms with E-state index in [0.717, 1.165) is 30.4 Å². The van der Waals surface area contributed by atoms with Gasteiger partial charge in [-0.3, -0.25) is 14.7 Å². The van der Waals surface area contributed by atoms with Crippen LogP contribution in [0.3, 0.4) is 0 Å².